The molecular weight excluding hydrogens is 364 g/mol. The second kappa shape index (κ2) is 8.13. The summed E-state index contributed by atoms with van der Waals surface area (Å²) >= 11 is 0. The van der Waals surface area contributed by atoms with Crippen molar-refractivity contribution in [2.24, 2.45) is 5.73 Å². The molecule has 0 spiro atoms. The number of dihydropyridines is 1. The summed E-state index contributed by atoms with van der Waals surface area (Å²) in [6.45, 7) is 3.86. The highest BCUT2D eigenvalue weighted by molar-refractivity contribution is 5.82. The Bertz CT molecular complexity index is 929. The zero-order chi connectivity index (χ0) is 20.4. The highest BCUT2D eigenvalue weighted by Gasteiger charge is 2.23. The molecule has 1 aromatic carbocycles. The first-order chi connectivity index (χ1) is 14.0. The number of methoxy groups -OCH3 is 1. The standard InChI is InChI=1S/C22H28N6O/c1-14-18(7-8-20(26-14)29-2)19-13-25-22(28-11-9-17(24)10-12-28)27-21(19)15-3-5-16(23)6-4-15/h3-8,13-14,17,26H,9-12,23-24H2,1-2H3. The van der Waals surface area contributed by atoms with Crippen LogP contribution in [0.15, 0.2) is 48.5 Å². The van der Waals surface area contributed by atoms with Crippen molar-refractivity contribution in [1.82, 2.24) is 15.3 Å². The molecule has 0 radical (unpaired) electrons. The lowest BCUT2D eigenvalue weighted by Crippen LogP contribution is -2.40. The number of piperidine rings is 1. The van der Waals surface area contributed by atoms with Gasteiger partial charge in [-0.05, 0) is 43.5 Å². The van der Waals surface area contributed by atoms with Crippen LogP contribution >= 0.6 is 0 Å². The molecule has 1 saturated heterocycles. The summed E-state index contributed by atoms with van der Waals surface area (Å²) in [4.78, 5) is 11.9. The van der Waals surface area contributed by atoms with E-state index in [1.165, 1.54) is 0 Å². The Balaban J connectivity index is 1.77. The normalized spacial score (nSPS) is 20.0. The zero-order valence-electron chi connectivity index (χ0n) is 16.9. The number of nitrogen functional groups attached to an aromatic ring is 1. The minimum Gasteiger partial charge on any atom is -0.483 e. The molecule has 1 atom stereocenters. The third-order valence-corrected chi connectivity index (χ3v) is 5.55. The maximum absolute atomic E-state index is 6.06. The van der Waals surface area contributed by atoms with Crippen LogP contribution in [0.25, 0.3) is 16.8 Å². The number of nitrogens with one attached hydrogen (secondary N) is 1. The third kappa shape index (κ3) is 4.05. The highest BCUT2D eigenvalue weighted by atomic mass is 16.5. The maximum atomic E-state index is 6.06. The molecule has 0 aliphatic carbocycles. The first-order valence-electron chi connectivity index (χ1n) is 10.0. The molecule has 2 aromatic rings. The third-order valence-electron chi connectivity index (χ3n) is 5.55. The summed E-state index contributed by atoms with van der Waals surface area (Å²) in [5.41, 5.74) is 16.7. The van der Waals surface area contributed by atoms with Crippen LogP contribution in [0.2, 0.25) is 0 Å². The zero-order valence-corrected chi connectivity index (χ0v) is 16.9. The highest BCUT2D eigenvalue weighted by Crippen LogP contribution is 2.32. The van der Waals surface area contributed by atoms with Gasteiger partial charge in [0.15, 0.2) is 5.88 Å². The van der Waals surface area contributed by atoms with Gasteiger partial charge in [0.1, 0.15) is 0 Å². The topological polar surface area (TPSA) is 102 Å². The quantitative estimate of drug-likeness (QED) is 0.687. The van der Waals surface area contributed by atoms with Gasteiger partial charge in [0.05, 0.1) is 18.8 Å². The van der Waals surface area contributed by atoms with Crippen molar-refractivity contribution < 1.29 is 4.74 Å². The maximum Gasteiger partial charge on any atom is 0.225 e. The Hall–Kier alpha value is -3.06. The van der Waals surface area contributed by atoms with E-state index >= 15 is 0 Å². The van der Waals surface area contributed by atoms with Crippen LogP contribution in [0.1, 0.15) is 25.3 Å². The first kappa shape index (κ1) is 19.3. The van der Waals surface area contributed by atoms with Gasteiger partial charge in [-0.15, -0.1) is 0 Å². The first-order valence-corrected chi connectivity index (χ1v) is 10.0. The summed E-state index contributed by atoms with van der Waals surface area (Å²) in [7, 11) is 1.66. The summed E-state index contributed by atoms with van der Waals surface area (Å²) in [6.07, 6.45) is 7.84. The number of hydrogen-bond acceptors (Lipinski definition) is 7. The van der Waals surface area contributed by atoms with E-state index in [9.17, 15) is 0 Å². The number of aromatic nitrogens is 2. The van der Waals surface area contributed by atoms with Crippen molar-refractivity contribution in [2.75, 3.05) is 30.8 Å². The molecule has 29 heavy (non-hydrogen) atoms. The number of hydrogen-bond donors (Lipinski definition) is 3. The molecule has 152 valence electrons. The molecule has 0 amide bonds. The number of nitrogens with zero attached hydrogens (tertiary/aromatic N) is 3. The second-order valence-electron chi connectivity index (χ2n) is 7.60. The minimum atomic E-state index is 0.0740. The van der Waals surface area contributed by atoms with Gasteiger partial charge in [-0.3, -0.25) is 0 Å². The molecule has 1 unspecified atom stereocenters. The SMILES string of the molecule is COC1=CC=C(c2cnc(N3CCC(N)CC3)nc2-c2ccc(N)cc2)C(C)N1. The number of ether oxygens (including phenoxy) is 1. The van der Waals surface area contributed by atoms with E-state index in [1.54, 1.807) is 7.11 Å². The average Bonchev–Trinajstić information content (AvgIpc) is 2.74. The van der Waals surface area contributed by atoms with Crippen molar-refractivity contribution in [3.63, 3.8) is 0 Å². The molecule has 1 aromatic heterocycles. The Morgan fingerprint density at radius 2 is 1.86 bits per heavy atom. The average molecular weight is 393 g/mol. The molecule has 3 heterocycles. The molecule has 5 N–H and O–H groups in total. The van der Waals surface area contributed by atoms with Crippen molar-refractivity contribution >= 4 is 17.2 Å². The molecule has 1 fully saturated rings. The second-order valence-corrected chi connectivity index (χ2v) is 7.60. The number of rotatable bonds is 4. The Kier molecular flexibility index (Phi) is 5.40. The van der Waals surface area contributed by atoms with Gasteiger partial charge in [0, 0.05) is 42.1 Å². The molecule has 2 aliphatic rings. The van der Waals surface area contributed by atoms with Gasteiger partial charge >= 0.3 is 0 Å². The van der Waals surface area contributed by atoms with Crippen molar-refractivity contribution in [2.45, 2.75) is 31.8 Å². The van der Waals surface area contributed by atoms with Gasteiger partial charge in [-0.25, -0.2) is 9.97 Å². The summed E-state index contributed by atoms with van der Waals surface area (Å²) in [5, 5.41) is 3.36. The van der Waals surface area contributed by atoms with E-state index in [-0.39, 0.29) is 12.1 Å². The van der Waals surface area contributed by atoms with Crippen LogP contribution in [0, 0.1) is 0 Å². The lowest BCUT2D eigenvalue weighted by molar-refractivity contribution is 0.256. The van der Waals surface area contributed by atoms with E-state index in [2.05, 4.69) is 23.2 Å². The van der Waals surface area contributed by atoms with Crippen LogP contribution in [-0.4, -0.2) is 42.3 Å². The van der Waals surface area contributed by atoms with Crippen LogP contribution in [-0.2, 0) is 4.74 Å². The molecule has 4 rings (SSSR count). The lowest BCUT2D eigenvalue weighted by atomic mass is 9.94. The van der Waals surface area contributed by atoms with E-state index in [4.69, 9.17) is 26.2 Å². The Morgan fingerprint density at radius 1 is 1.14 bits per heavy atom. The van der Waals surface area contributed by atoms with Gasteiger partial charge < -0.3 is 26.4 Å². The fraction of sp³-hybridized carbons (Fsp3) is 0.364. The van der Waals surface area contributed by atoms with E-state index in [0.29, 0.717) is 0 Å². The fourth-order valence-corrected chi connectivity index (χ4v) is 3.80. The Morgan fingerprint density at radius 3 is 2.52 bits per heavy atom. The van der Waals surface area contributed by atoms with Crippen LogP contribution in [0.3, 0.4) is 0 Å². The van der Waals surface area contributed by atoms with E-state index in [1.807, 2.05) is 36.5 Å². The van der Waals surface area contributed by atoms with Crippen LogP contribution < -0.4 is 21.7 Å². The fourth-order valence-electron chi connectivity index (χ4n) is 3.80. The monoisotopic (exact) mass is 392 g/mol. The summed E-state index contributed by atoms with van der Waals surface area (Å²) < 4.78 is 5.32. The van der Waals surface area contributed by atoms with Crippen molar-refractivity contribution in [1.29, 1.82) is 0 Å². The number of anilines is 2. The lowest BCUT2D eigenvalue weighted by Gasteiger charge is -2.31. The van der Waals surface area contributed by atoms with Crippen LogP contribution in [0.5, 0.6) is 0 Å². The minimum absolute atomic E-state index is 0.0740. The predicted octanol–water partition coefficient (Wildman–Crippen LogP) is 2.52. The number of allylic oxidation sites excluding steroid dienone is 2. The summed E-state index contributed by atoms with van der Waals surface area (Å²) in [5.74, 6) is 1.50. The van der Waals surface area contributed by atoms with Gasteiger partial charge in [0.25, 0.3) is 0 Å². The Labute approximate surface area is 171 Å². The molecule has 2 aliphatic heterocycles. The molecular formula is C22H28N6O. The number of nitrogens with two attached hydrogens (primary N) is 2. The van der Waals surface area contributed by atoms with Crippen molar-refractivity contribution in [3.05, 3.63) is 54.1 Å². The van der Waals surface area contributed by atoms with Crippen molar-refractivity contribution in [3.8, 4) is 11.3 Å². The molecule has 0 saturated carbocycles. The predicted molar refractivity (Wildman–Crippen MR) is 117 cm³/mol. The van der Waals surface area contributed by atoms with Crippen LogP contribution in [0.4, 0.5) is 11.6 Å². The van der Waals surface area contributed by atoms with E-state index in [0.717, 1.165) is 65.8 Å². The largest absolute Gasteiger partial charge is 0.483 e. The van der Waals surface area contributed by atoms with Gasteiger partial charge in [0.2, 0.25) is 5.95 Å². The smallest absolute Gasteiger partial charge is 0.225 e. The number of benzene rings is 1. The van der Waals surface area contributed by atoms with Gasteiger partial charge in [-0.2, -0.15) is 0 Å². The summed E-state index contributed by atoms with van der Waals surface area (Å²) in [6, 6.07) is 8.17. The molecule has 0 bridgehead atoms. The van der Waals surface area contributed by atoms with E-state index < -0.39 is 0 Å². The molecule has 7 nitrogen and oxygen atoms in total. The van der Waals surface area contributed by atoms with Gasteiger partial charge in [-0.1, -0.05) is 18.2 Å². The molecule has 7 heteroatoms.